The third kappa shape index (κ3) is 4.07. The van der Waals surface area contributed by atoms with Gasteiger partial charge in [0.15, 0.2) is 5.78 Å². The Bertz CT molecular complexity index is 1040. The van der Waals surface area contributed by atoms with Crippen molar-refractivity contribution in [3.8, 4) is 0 Å². The lowest BCUT2D eigenvalue weighted by Crippen LogP contribution is -2.45. The number of carbonyl (C=O) groups is 2. The Morgan fingerprint density at radius 3 is 2.58 bits per heavy atom. The van der Waals surface area contributed by atoms with Crippen LogP contribution in [0.3, 0.4) is 0 Å². The van der Waals surface area contributed by atoms with E-state index in [0.29, 0.717) is 36.2 Å². The van der Waals surface area contributed by atoms with Crippen LogP contribution in [-0.4, -0.2) is 18.4 Å². The van der Waals surface area contributed by atoms with Gasteiger partial charge >= 0.3 is 6.03 Å². The lowest BCUT2D eigenvalue weighted by atomic mass is 9.73. The van der Waals surface area contributed by atoms with Gasteiger partial charge in [-0.15, -0.1) is 0 Å². The molecule has 2 N–H and O–H groups in total. The van der Waals surface area contributed by atoms with Crippen LogP contribution >= 0.6 is 0 Å². The van der Waals surface area contributed by atoms with Crippen LogP contribution in [0.15, 0.2) is 59.8 Å². The Morgan fingerprint density at radius 2 is 1.87 bits per heavy atom. The summed E-state index contributed by atoms with van der Waals surface area (Å²) in [4.78, 5) is 28.5. The molecular weight excluding hydrogens is 393 g/mol. The summed E-state index contributed by atoms with van der Waals surface area (Å²) in [5.41, 5.74) is 3.38. The van der Waals surface area contributed by atoms with Gasteiger partial charge in [0.2, 0.25) is 0 Å². The van der Waals surface area contributed by atoms with Crippen LogP contribution in [0.4, 0.5) is 20.6 Å². The summed E-state index contributed by atoms with van der Waals surface area (Å²) >= 11 is 0. The molecule has 5 nitrogen and oxygen atoms in total. The van der Waals surface area contributed by atoms with Crippen LogP contribution in [0.1, 0.15) is 51.6 Å². The van der Waals surface area contributed by atoms with Crippen LogP contribution in [-0.2, 0) is 4.79 Å². The van der Waals surface area contributed by atoms with Crippen molar-refractivity contribution >= 4 is 23.2 Å². The average molecular weight is 422 g/mol. The molecule has 2 amide bonds. The number of hydrogen-bond donors (Lipinski definition) is 2. The van der Waals surface area contributed by atoms with Gasteiger partial charge in [-0.3, -0.25) is 9.69 Å². The fourth-order valence-electron chi connectivity index (χ4n) is 4.49. The van der Waals surface area contributed by atoms with Crippen LogP contribution in [0.5, 0.6) is 0 Å². The van der Waals surface area contributed by atoms with Crippen molar-refractivity contribution in [2.75, 3.05) is 16.8 Å². The molecule has 0 saturated heterocycles. The number of anilines is 2. The van der Waals surface area contributed by atoms with E-state index < -0.39 is 6.04 Å². The SMILES string of the molecule is CCCNC(=O)N1c2ccccc2NC2=C(C(=O)CC(C)(C)C2)[C@H]1c1ccc(F)cc1. The number of benzene rings is 2. The molecule has 0 bridgehead atoms. The molecule has 1 aliphatic heterocycles. The van der Waals surface area contributed by atoms with Crippen LogP contribution in [0.25, 0.3) is 0 Å². The van der Waals surface area contributed by atoms with E-state index in [9.17, 15) is 14.0 Å². The van der Waals surface area contributed by atoms with Gasteiger partial charge in [-0.05, 0) is 48.1 Å². The third-order valence-corrected chi connectivity index (χ3v) is 5.83. The van der Waals surface area contributed by atoms with E-state index in [1.165, 1.54) is 12.1 Å². The first-order chi connectivity index (χ1) is 14.8. The van der Waals surface area contributed by atoms with Gasteiger partial charge < -0.3 is 10.6 Å². The first-order valence-electron chi connectivity index (χ1n) is 10.8. The molecule has 2 aliphatic rings. The number of rotatable bonds is 3. The smallest absolute Gasteiger partial charge is 0.322 e. The lowest BCUT2D eigenvalue weighted by molar-refractivity contribution is -0.118. The minimum Gasteiger partial charge on any atom is -0.357 e. The molecule has 2 aromatic carbocycles. The Hall–Kier alpha value is -3.15. The number of carbonyl (C=O) groups excluding carboxylic acids is 2. The van der Waals surface area contributed by atoms with Gasteiger partial charge in [-0.25, -0.2) is 9.18 Å². The molecule has 4 rings (SSSR count). The zero-order valence-electron chi connectivity index (χ0n) is 18.2. The van der Waals surface area contributed by atoms with E-state index >= 15 is 0 Å². The highest BCUT2D eigenvalue weighted by Crippen LogP contribution is 2.48. The number of halogens is 1. The zero-order chi connectivity index (χ0) is 22.2. The van der Waals surface area contributed by atoms with Crippen molar-refractivity contribution in [1.82, 2.24) is 5.32 Å². The standard InChI is InChI=1S/C25H28FN3O2/c1-4-13-27-24(31)29-20-8-6-5-7-18(20)28-19-14-25(2,3)15-21(30)22(19)23(29)16-9-11-17(26)12-10-16/h5-12,23,28H,4,13-15H2,1-3H3,(H,27,31)/t23-/m1/s1. The van der Waals surface area contributed by atoms with Crippen molar-refractivity contribution in [2.45, 2.75) is 46.1 Å². The first kappa shape index (κ1) is 21.1. The molecule has 2 aromatic rings. The highest BCUT2D eigenvalue weighted by molar-refractivity contribution is 6.06. The maximum Gasteiger partial charge on any atom is 0.322 e. The van der Waals surface area contributed by atoms with E-state index in [2.05, 4.69) is 24.5 Å². The summed E-state index contributed by atoms with van der Waals surface area (Å²) in [7, 11) is 0. The van der Waals surface area contributed by atoms with E-state index in [4.69, 9.17) is 0 Å². The van der Waals surface area contributed by atoms with Gasteiger partial charge in [-0.1, -0.05) is 45.0 Å². The highest BCUT2D eigenvalue weighted by atomic mass is 19.1. The number of Topliss-reactive ketones (excluding diaryl/α,β-unsaturated/α-hetero) is 1. The quantitative estimate of drug-likeness (QED) is 0.682. The number of ketones is 1. The number of para-hydroxylation sites is 2. The van der Waals surface area contributed by atoms with Crippen molar-refractivity contribution < 1.29 is 14.0 Å². The number of allylic oxidation sites excluding steroid dienone is 1. The molecule has 0 unspecified atom stereocenters. The molecule has 0 aromatic heterocycles. The van der Waals surface area contributed by atoms with E-state index in [1.54, 1.807) is 17.0 Å². The lowest BCUT2D eigenvalue weighted by Gasteiger charge is -2.37. The van der Waals surface area contributed by atoms with Crippen molar-refractivity contribution in [2.24, 2.45) is 5.41 Å². The molecule has 1 aliphatic carbocycles. The van der Waals surface area contributed by atoms with Crippen LogP contribution in [0.2, 0.25) is 0 Å². The number of nitrogens with zero attached hydrogens (tertiary/aromatic N) is 1. The maximum atomic E-state index is 13.7. The zero-order valence-corrected chi connectivity index (χ0v) is 18.2. The van der Waals surface area contributed by atoms with E-state index in [1.807, 2.05) is 31.2 Å². The second-order valence-corrected chi connectivity index (χ2v) is 9.03. The summed E-state index contributed by atoms with van der Waals surface area (Å²) < 4.78 is 13.7. The van der Waals surface area contributed by atoms with E-state index in [0.717, 1.165) is 17.8 Å². The van der Waals surface area contributed by atoms with Gasteiger partial charge in [0.05, 0.1) is 17.4 Å². The number of amides is 2. The molecule has 0 spiro atoms. The first-order valence-corrected chi connectivity index (χ1v) is 10.8. The van der Waals surface area contributed by atoms with Crippen molar-refractivity contribution in [3.05, 3.63) is 71.2 Å². The van der Waals surface area contributed by atoms with E-state index in [-0.39, 0.29) is 23.0 Å². The number of hydrogen-bond acceptors (Lipinski definition) is 3. The maximum absolute atomic E-state index is 13.7. The number of nitrogens with one attached hydrogen (secondary N) is 2. The number of fused-ring (bicyclic) bond motifs is 1. The third-order valence-electron chi connectivity index (χ3n) is 5.83. The van der Waals surface area contributed by atoms with Crippen LogP contribution < -0.4 is 15.5 Å². The van der Waals surface area contributed by atoms with Gasteiger partial charge in [0.25, 0.3) is 0 Å². The van der Waals surface area contributed by atoms with Crippen molar-refractivity contribution in [1.29, 1.82) is 0 Å². The molecule has 31 heavy (non-hydrogen) atoms. The Kier molecular flexibility index (Phi) is 5.56. The van der Waals surface area contributed by atoms with Gasteiger partial charge in [-0.2, -0.15) is 0 Å². The second-order valence-electron chi connectivity index (χ2n) is 9.03. The molecule has 1 heterocycles. The molecule has 162 valence electrons. The summed E-state index contributed by atoms with van der Waals surface area (Å²) in [6.07, 6.45) is 1.87. The monoisotopic (exact) mass is 421 g/mol. The fraction of sp³-hybridized carbons (Fsp3) is 0.360. The molecule has 1 atom stereocenters. The largest absolute Gasteiger partial charge is 0.357 e. The number of urea groups is 1. The van der Waals surface area contributed by atoms with Crippen LogP contribution in [0, 0.1) is 11.2 Å². The minimum atomic E-state index is -0.646. The molecule has 0 radical (unpaired) electrons. The summed E-state index contributed by atoms with van der Waals surface area (Å²) in [6, 6.07) is 12.7. The topological polar surface area (TPSA) is 61.4 Å². The highest BCUT2D eigenvalue weighted by Gasteiger charge is 2.43. The van der Waals surface area contributed by atoms with Crippen molar-refractivity contribution in [3.63, 3.8) is 0 Å². The normalized spacial score (nSPS) is 19.8. The summed E-state index contributed by atoms with van der Waals surface area (Å²) in [5, 5.41) is 6.42. The predicted molar refractivity (Wildman–Crippen MR) is 120 cm³/mol. The summed E-state index contributed by atoms with van der Waals surface area (Å²) in [5.74, 6) is -0.350. The Balaban J connectivity index is 1.96. The van der Waals surface area contributed by atoms with Gasteiger partial charge in [0, 0.05) is 24.2 Å². The molecule has 0 fully saturated rings. The average Bonchev–Trinajstić information content (AvgIpc) is 2.86. The second kappa shape index (κ2) is 8.17. The predicted octanol–water partition coefficient (Wildman–Crippen LogP) is 5.56. The fourth-order valence-corrected chi connectivity index (χ4v) is 4.49. The summed E-state index contributed by atoms with van der Waals surface area (Å²) in [6.45, 7) is 6.66. The molecule has 0 saturated carbocycles. The molecule has 6 heteroatoms. The Morgan fingerprint density at radius 1 is 1.16 bits per heavy atom. The Labute approximate surface area is 182 Å². The minimum absolute atomic E-state index is 0.00849. The van der Waals surface area contributed by atoms with Gasteiger partial charge in [0.1, 0.15) is 5.82 Å². The molecular formula is C25H28FN3O2.